The fourth-order valence-corrected chi connectivity index (χ4v) is 7.47. The monoisotopic (exact) mass is 452 g/mol. The van der Waals surface area contributed by atoms with Crippen LogP contribution in [0.3, 0.4) is 0 Å². The summed E-state index contributed by atoms with van der Waals surface area (Å²) in [6.07, 6.45) is 1.38. The number of fused-ring (bicyclic) bond motifs is 2. The van der Waals surface area contributed by atoms with E-state index in [0.29, 0.717) is 17.9 Å². The Morgan fingerprint density at radius 2 is 1.87 bits per heavy atom. The van der Waals surface area contributed by atoms with Crippen LogP contribution in [0.1, 0.15) is 41.5 Å². The van der Waals surface area contributed by atoms with Crippen molar-refractivity contribution >= 4 is 33.0 Å². The van der Waals surface area contributed by atoms with Crippen molar-refractivity contribution in [2.45, 2.75) is 43.7 Å². The Kier molecular flexibility index (Phi) is 5.00. The Bertz CT molecular complexity index is 1250. The summed E-state index contributed by atoms with van der Waals surface area (Å²) < 4.78 is 29.3. The second-order valence-corrected chi connectivity index (χ2v) is 11.1. The Morgan fingerprint density at radius 3 is 2.61 bits per heavy atom. The maximum atomic E-state index is 13.8. The highest BCUT2D eigenvalue weighted by Gasteiger charge is 2.39. The van der Waals surface area contributed by atoms with Gasteiger partial charge in [0.15, 0.2) is 0 Å². The van der Waals surface area contributed by atoms with Gasteiger partial charge >= 0.3 is 0 Å². The quantitative estimate of drug-likeness (QED) is 0.593. The predicted molar refractivity (Wildman–Crippen MR) is 123 cm³/mol. The molecule has 2 aromatic carbocycles. The van der Waals surface area contributed by atoms with E-state index >= 15 is 0 Å². The molecule has 0 aliphatic carbocycles. The zero-order valence-corrected chi connectivity index (χ0v) is 19.1. The van der Waals surface area contributed by atoms with Crippen LogP contribution in [0.5, 0.6) is 0 Å². The first-order chi connectivity index (χ1) is 14.9. The smallest absolute Gasteiger partial charge is 0.243 e. The molecule has 2 unspecified atom stereocenters. The average Bonchev–Trinajstić information content (AvgIpc) is 3.36. The first-order valence-corrected chi connectivity index (χ1v) is 12.8. The minimum atomic E-state index is -3.72. The van der Waals surface area contributed by atoms with Crippen LogP contribution in [0, 0.1) is 0 Å². The van der Waals surface area contributed by atoms with E-state index in [0.717, 1.165) is 28.8 Å². The van der Waals surface area contributed by atoms with Crippen molar-refractivity contribution in [3.63, 3.8) is 0 Å². The first kappa shape index (κ1) is 20.4. The van der Waals surface area contributed by atoms with Crippen LogP contribution in [-0.2, 0) is 27.7 Å². The number of anilines is 1. The number of hydrogen-bond acceptors (Lipinski definition) is 4. The standard InChI is InChI=1S/C24H24N2O3S2/c1-16-14-19-15-20(8-9-22(19)26(16)17(2)27)31(28,29)25-12-10-23-21(11-13-30-23)24(25)18-6-4-3-5-7-18/h3-9,11,13,15-16,24H,10,12,14H2,1-2H3. The van der Waals surface area contributed by atoms with Gasteiger partial charge in [-0.05, 0) is 66.1 Å². The van der Waals surface area contributed by atoms with Crippen LogP contribution in [0.2, 0.25) is 0 Å². The molecule has 0 saturated carbocycles. The largest absolute Gasteiger partial charge is 0.309 e. The van der Waals surface area contributed by atoms with Crippen LogP contribution < -0.4 is 4.90 Å². The number of benzene rings is 2. The summed E-state index contributed by atoms with van der Waals surface area (Å²) >= 11 is 1.69. The van der Waals surface area contributed by atoms with Gasteiger partial charge in [0.25, 0.3) is 0 Å². The number of hydrogen-bond donors (Lipinski definition) is 0. The summed E-state index contributed by atoms with van der Waals surface area (Å²) in [6.45, 7) is 3.99. The van der Waals surface area contributed by atoms with Crippen LogP contribution in [0.4, 0.5) is 5.69 Å². The maximum Gasteiger partial charge on any atom is 0.243 e. The van der Waals surface area contributed by atoms with Gasteiger partial charge in [0, 0.05) is 30.1 Å². The number of rotatable bonds is 3. The van der Waals surface area contributed by atoms with E-state index in [2.05, 4.69) is 6.07 Å². The summed E-state index contributed by atoms with van der Waals surface area (Å²) in [6, 6.07) is 16.8. The van der Waals surface area contributed by atoms with Crippen molar-refractivity contribution in [1.29, 1.82) is 0 Å². The Hall–Kier alpha value is -2.48. The Morgan fingerprint density at radius 1 is 1.10 bits per heavy atom. The minimum absolute atomic E-state index is 0.0213. The molecule has 31 heavy (non-hydrogen) atoms. The molecule has 0 bridgehead atoms. The summed E-state index contributed by atoms with van der Waals surface area (Å²) in [5.74, 6) is -0.0213. The summed E-state index contributed by atoms with van der Waals surface area (Å²) in [4.78, 5) is 15.3. The normalized spacial score (nSPS) is 21.0. The molecule has 7 heteroatoms. The van der Waals surface area contributed by atoms with Crippen molar-refractivity contribution in [1.82, 2.24) is 4.31 Å². The first-order valence-electron chi connectivity index (χ1n) is 10.4. The second-order valence-electron chi connectivity index (χ2n) is 8.21. The van der Waals surface area contributed by atoms with Gasteiger partial charge in [-0.1, -0.05) is 30.3 Å². The van der Waals surface area contributed by atoms with Gasteiger partial charge in [-0.3, -0.25) is 4.79 Å². The van der Waals surface area contributed by atoms with Crippen molar-refractivity contribution in [3.05, 3.63) is 81.5 Å². The molecule has 5 nitrogen and oxygen atoms in total. The third kappa shape index (κ3) is 3.32. The molecule has 0 saturated heterocycles. The van der Waals surface area contributed by atoms with Gasteiger partial charge in [-0.25, -0.2) is 8.42 Å². The lowest BCUT2D eigenvalue weighted by atomic mass is 9.95. The van der Waals surface area contributed by atoms with E-state index in [1.165, 1.54) is 4.88 Å². The molecule has 160 valence electrons. The van der Waals surface area contributed by atoms with Gasteiger partial charge in [-0.15, -0.1) is 11.3 Å². The van der Waals surface area contributed by atoms with E-state index in [1.807, 2.05) is 42.6 Å². The molecular weight excluding hydrogens is 428 g/mol. The topological polar surface area (TPSA) is 57.7 Å². The summed E-state index contributed by atoms with van der Waals surface area (Å²) in [5.41, 5.74) is 3.78. The van der Waals surface area contributed by atoms with Crippen LogP contribution in [0.25, 0.3) is 0 Å². The predicted octanol–water partition coefficient (Wildman–Crippen LogP) is 4.38. The molecule has 0 spiro atoms. The van der Waals surface area contributed by atoms with Gasteiger partial charge in [0.05, 0.1) is 10.9 Å². The molecule has 2 aliphatic heterocycles. The van der Waals surface area contributed by atoms with Crippen molar-refractivity contribution in [2.75, 3.05) is 11.4 Å². The molecule has 5 rings (SSSR count). The van der Waals surface area contributed by atoms with Crippen molar-refractivity contribution in [2.24, 2.45) is 0 Å². The molecule has 2 aliphatic rings. The van der Waals surface area contributed by atoms with Gasteiger partial charge in [0.2, 0.25) is 15.9 Å². The zero-order valence-electron chi connectivity index (χ0n) is 17.5. The number of thiophene rings is 1. The lowest BCUT2D eigenvalue weighted by molar-refractivity contribution is -0.116. The highest BCUT2D eigenvalue weighted by atomic mass is 32.2. The Balaban J connectivity index is 1.58. The molecule has 0 fully saturated rings. The van der Waals surface area contributed by atoms with Crippen LogP contribution in [-0.4, -0.2) is 31.2 Å². The number of carbonyl (C=O) groups excluding carboxylic acids is 1. The Labute approximate surface area is 187 Å². The molecule has 2 atom stereocenters. The SMILES string of the molecule is CC(=O)N1c2ccc(S(=O)(=O)N3CCc4sccc4C3c3ccccc3)cc2CC1C. The van der Waals surface area contributed by atoms with Crippen LogP contribution in [0.15, 0.2) is 64.9 Å². The lowest BCUT2D eigenvalue weighted by Crippen LogP contribution is -2.40. The lowest BCUT2D eigenvalue weighted by Gasteiger charge is -2.35. The van der Waals surface area contributed by atoms with Gasteiger partial charge in [0.1, 0.15) is 0 Å². The second kappa shape index (κ2) is 7.58. The van der Waals surface area contributed by atoms with Crippen LogP contribution >= 0.6 is 11.3 Å². The number of sulfonamides is 1. The van der Waals surface area contributed by atoms with E-state index in [4.69, 9.17) is 0 Å². The number of carbonyl (C=O) groups is 1. The third-order valence-electron chi connectivity index (χ3n) is 6.25. The molecule has 3 heterocycles. The zero-order chi connectivity index (χ0) is 21.8. The molecule has 1 amide bonds. The maximum absolute atomic E-state index is 13.8. The molecule has 0 N–H and O–H groups in total. The van der Waals surface area contributed by atoms with E-state index < -0.39 is 10.0 Å². The third-order valence-corrected chi connectivity index (χ3v) is 9.11. The number of amides is 1. The summed E-state index contributed by atoms with van der Waals surface area (Å²) in [5, 5.41) is 2.05. The highest BCUT2D eigenvalue weighted by Crippen LogP contribution is 2.42. The van der Waals surface area contributed by atoms with E-state index in [1.54, 1.807) is 45.7 Å². The average molecular weight is 453 g/mol. The molecule has 0 radical (unpaired) electrons. The fraction of sp³-hybridized carbons (Fsp3) is 0.292. The van der Waals surface area contributed by atoms with Gasteiger partial charge < -0.3 is 4.90 Å². The molecule has 1 aromatic heterocycles. The number of nitrogens with zero attached hydrogens (tertiary/aromatic N) is 2. The summed E-state index contributed by atoms with van der Waals surface area (Å²) in [7, 11) is -3.72. The molecule has 3 aromatic rings. The van der Waals surface area contributed by atoms with Gasteiger partial charge in [-0.2, -0.15) is 4.31 Å². The van der Waals surface area contributed by atoms with E-state index in [-0.39, 0.29) is 18.0 Å². The fourth-order valence-electron chi connectivity index (χ4n) is 4.92. The highest BCUT2D eigenvalue weighted by molar-refractivity contribution is 7.89. The molecular formula is C24H24N2O3S2. The van der Waals surface area contributed by atoms with E-state index in [9.17, 15) is 13.2 Å². The van der Waals surface area contributed by atoms with Crippen molar-refractivity contribution in [3.8, 4) is 0 Å². The minimum Gasteiger partial charge on any atom is -0.309 e. The van der Waals surface area contributed by atoms with Crippen molar-refractivity contribution < 1.29 is 13.2 Å².